The van der Waals surface area contributed by atoms with E-state index in [9.17, 15) is 28.9 Å². The molecule has 0 saturated heterocycles. The van der Waals surface area contributed by atoms with E-state index in [1.54, 1.807) is 0 Å². The summed E-state index contributed by atoms with van der Waals surface area (Å²) in [5, 5.41) is 9.81. The number of aliphatic hydroxyl groups is 1. The quantitative estimate of drug-likeness (QED) is 0.0197. The maximum Gasteiger partial charge on any atom is 0.472 e. The summed E-state index contributed by atoms with van der Waals surface area (Å²) in [6.45, 7) is 4.13. The molecular formula is C64H99O11P. The number of unbranched alkanes of at least 4 members (excludes halogenated alkanes) is 7. The number of esters is 3. The van der Waals surface area contributed by atoms with Crippen molar-refractivity contribution in [3.05, 3.63) is 158 Å². The summed E-state index contributed by atoms with van der Waals surface area (Å²) in [6, 6.07) is 0. The van der Waals surface area contributed by atoms with Crippen LogP contribution in [0.5, 0.6) is 0 Å². The van der Waals surface area contributed by atoms with Gasteiger partial charge < -0.3 is 24.2 Å². The highest BCUT2D eigenvalue weighted by atomic mass is 31.2. The van der Waals surface area contributed by atoms with E-state index < -0.39 is 57.8 Å². The lowest BCUT2D eigenvalue weighted by molar-refractivity contribution is -0.161. The van der Waals surface area contributed by atoms with Crippen LogP contribution in [0.25, 0.3) is 0 Å². The number of aliphatic hydroxyl groups excluding tert-OH is 1. The molecule has 0 aromatic rings. The van der Waals surface area contributed by atoms with Crippen LogP contribution >= 0.6 is 7.82 Å². The summed E-state index contributed by atoms with van der Waals surface area (Å²) >= 11 is 0. The number of rotatable bonds is 50. The lowest BCUT2D eigenvalue weighted by Gasteiger charge is -2.21. The number of allylic oxidation sites excluding steroid dienone is 26. The number of phosphoric ester groups is 1. The molecule has 12 heteroatoms. The largest absolute Gasteiger partial charge is 0.472 e. The van der Waals surface area contributed by atoms with Crippen molar-refractivity contribution in [1.29, 1.82) is 0 Å². The number of hydrogen-bond acceptors (Lipinski definition) is 10. The number of phosphoric acid groups is 1. The Kier molecular flexibility index (Phi) is 52.7. The van der Waals surface area contributed by atoms with Crippen LogP contribution in [0.1, 0.15) is 188 Å². The van der Waals surface area contributed by atoms with E-state index >= 15 is 0 Å². The molecule has 0 aromatic heterocycles. The molecule has 426 valence electrons. The first-order chi connectivity index (χ1) is 37.2. The topological polar surface area (TPSA) is 155 Å². The molecule has 0 aliphatic carbocycles. The van der Waals surface area contributed by atoms with Crippen molar-refractivity contribution < 1.29 is 52.2 Å². The Bertz CT molecular complexity index is 1880. The summed E-state index contributed by atoms with van der Waals surface area (Å²) in [4.78, 5) is 48.5. The molecule has 0 radical (unpaired) electrons. The number of carbonyl (C=O) groups excluding carboxylic acids is 3. The van der Waals surface area contributed by atoms with Gasteiger partial charge in [0.25, 0.3) is 0 Å². The maximum absolute atomic E-state index is 12.9. The number of ether oxygens (including phenoxy) is 3. The van der Waals surface area contributed by atoms with Crippen LogP contribution in [0, 0.1) is 0 Å². The maximum atomic E-state index is 12.9. The third-order valence-corrected chi connectivity index (χ3v) is 11.9. The molecular weight excluding hydrogens is 976 g/mol. The van der Waals surface area contributed by atoms with Gasteiger partial charge in [0, 0.05) is 19.3 Å². The normalized spacial score (nSPS) is 14.5. The first-order valence-electron chi connectivity index (χ1n) is 28.4. The number of hydrogen-bond donors (Lipinski definition) is 2. The van der Waals surface area contributed by atoms with Gasteiger partial charge in [-0.1, -0.05) is 185 Å². The van der Waals surface area contributed by atoms with Crippen LogP contribution in [0.3, 0.4) is 0 Å². The lowest BCUT2D eigenvalue weighted by Crippen LogP contribution is -2.30. The minimum absolute atomic E-state index is 0.0944. The van der Waals surface area contributed by atoms with Gasteiger partial charge >= 0.3 is 25.7 Å². The molecule has 11 nitrogen and oxygen atoms in total. The fourth-order valence-electron chi connectivity index (χ4n) is 6.71. The minimum Gasteiger partial charge on any atom is -0.462 e. The van der Waals surface area contributed by atoms with E-state index in [0.717, 1.165) is 128 Å². The molecule has 0 heterocycles. The van der Waals surface area contributed by atoms with Gasteiger partial charge in [0.1, 0.15) is 12.7 Å². The molecule has 2 N–H and O–H groups in total. The van der Waals surface area contributed by atoms with Crippen LogP contribution in [0.4, 0.5) is 0 Å². The van der Waals surface area contributed by atoms with Crippen LogP contribution in [-0.2, 0) is 42.2 Å². The molecule has 0 fully saturated rings. The summed E-state index contributed by atoms with van der Waals surface area (Å²) in [5.41, 5.74) is 0. The Morgan fingerprint density at radius 3 is 0.987 bits per heavy atom. The van der Waals surface area contributed by atoms with Crippen molar-refractivity contribution in [2.75, 3.05) is 26.4 Å². The Balaban J connectivity index is 4.91. The standard InChI is InChI=1S/C64H99O11P/c1-4-7-10-13-16-19-22-25-28-29-30-31-34-35-38-41-44-47-50-53-62(66)71-57-61(75-64(68)55-52-49-46-43-40-37-33-27-24-21-18-15-12-9-6-3)59-73-76(69,70)72-58-60(56-65)74-63(67)54-51-48-45-42-39-36-32-26-23-20-17-14-11-8-5-2/h7-12,16-21,25-28,30-33,35,38-40,42-43,60-61,65H,4-6,13-15,22-24,29,34,36-37,41,44-59H2,1-3H3,(H,69,70)/b10-7-,11-8-,12-9-,19-16-,20-17-,21-18-,28-25-,31-30-,32-26-,33-27-,38-35-,42-39-,43-40-. The van der Waals surface area contributed by atoms with Gasteiger partial charge in [-0.3, -0.25) is 23.4 Å². The van der Waals surface area contributed by atoms with E-state index in [1.165, 1.54) is 0 Å². The van der Waals surface area contributed by atoms with E-state index in [1.807, 2.05) is 0 Å². The van der Waals surface area contributed by atoms with Gasteiger partial charge in [0.2, 0.25) is 0 Å². The second kappa shape index (κ2) is 56.3. The van der Waals surface area contributed by atoms with Gasteiger partial charge in [-0.2, -0.15) is 0 Å². The summed E-state index contributed by atoms with van der Waals surface area (Å²) in [6.07, 6.45) is 73.5. The van der Waals surface area contributed by atoms with E-state index in [0.29, 0.717) is 19.3 Å². The van der Waals surface area contributed by atoms with Gasteiger partial charge in [0.05, 0.1) is 19.8 Å². The van der Waals surface area contributed by atoms with Gasteiger partial charge in [-0.05, 0) is 141 Å². The van der Waals surface area contributed by atoms with Crippen LogP contribution in [0.2, 0.25) is 0 Å². The van der Waals surface area contributed by atoms with Crippen LogP contribution in [0.15, 0.2) is 158 Å². The van der Waals surface area contributed by atoms with Crippen molar-refractivity contribution >= 4 is 25.7 Å². The third kappa shape index (κ3) is 53.9. The Labute approximate surface area is 460 Å². The molecule has 0 aromatic carbocycles. The van der Waals surface area contributed by atoms with E-state index in [-0.39, 0.29) is 25.9 Å². The second-order valence-corrected chi connectivity index (χ2v) is 19.4. The highest BCUT2D eigenvalue weighted by Crippen LogP contribution is 2.43. The zero-order chi connectivity index (χ0) is 55.5. The first kappa shape index (κ1) is 71.1. The molecule has 76 heavy (non-hydrogen) atoms. The van der Waals surface area contributed by atoms with Crippen molar-refractivity contribution in [3.63, 3.8) is 0 Å². The van der Waals surface area contributed by atoms with Crippen LogP contribution < -0.4 is 0 Å². The predicted octanol–water partition coefficient (Wildman–Crippen LogP) is 16.9. The zero-order valence-corrected chi connectivity index (χ0v) is 47.8. The SMILES string of the molecule is CC/C=C\C/C=C\C/C=C\C/C=C\C/C=C\CCCCCC(=O)OCC(COP(=O)(O)OCC(CO)OC(=O)CCCC/C=C\C/C=C\C/C=C\C/C=C\CC)OC(=O)CCCC/C=C\C/C=C\C/C=C\C/C=C\CC. The smallest absolute Gasteiger partial charge is 0.462 e. The molecule has 0 aliphatic rings. The van der Waals surface area contributed by atoms with Crippen LogP contribution in [-0.4, -0.2) is 66.5 Å². The predicted molar refractivity (Wildman–Crippen MR) is 315 cm³/mol. The van der Waals surface area contributed by atoms with Crippen molar-refractivity contribution in [2.45, 2.75) is 200 Å². The summed E-state index contributed by atoms with van der Waals surface area (Å²) in [7, 11) is -4.79. The highest BCUT2D eigenvalue weighted by molar-refractivity contribution is 7.47. The molecule has 0 aliphatic heterocycles. The molecule has 0 amide bonds. The number of carbonyl (C=O) groups is 3. The molecule has 0 spiro atoms. The average molecular weight is 1080 g/mol. The molecule has 0 bridgehead atoms. The van der Waals surface area contributed by atoms with E-state index in [2.05, 4.69) is 179 Å². The van der Waals surface area contributed by atoms with Gasteiger partial charge in [-0.15, -0.1) is 0 Å². The van der Waals surface area contributed by atoms with Crippen molar-refractivity contribution in [3.8, 4) is 0 Å². The summed E-state index contributed by atoms with van der Waals surface area (Å²) < 4.78 is 39.4. The van der Waals surface area contributed by atoms with Gasteiger partial charge in [0.15, 0.2) is 6.10 Å². The van der Waals surface area contributed by atoms with Crippen molar-refractivity contribution in [2.24, 2.45) is 0 Å². The second-order valence-electron chi connectivity index (χ2n) is 18.0. The molecule has 3 atom stereocenters. The monoisotopic (exact) mass is 1070 g/mol. The lowest BCUT2D eigenvalue weighted by atomic mass is 10.1. The van der Waals surface area contributed by atoms with Gasteiger partial charge in [-0.25, -0.2) is 4.57 Å². The highest BCUT2D eigenvalue weighted by Gasteiger charge is 2.28. The average Bonchev–Trinajstić information content (AvgIpc) is 3.41. The van der Waals surface area contributed by atoms with Crippen molar-refractivity contribution in [1.82, 2.24) is 0 Å². The Hall–Kier alpha value is -4.90. The fraction of sp³-hybridized carbons (Fsp3) is 0.547. The zero-order valence-electron chi connectivity index (χ0n) is 46.9. The minimum atomic E-state index is -4.79. The molecule has 0 rings (SSSR count). The Morgan fingerprint density at radius 2 is 0.645 bits per heavy atom. The first-order valence-corrected chi connectivity index (χ1v) is 29.9. The molecule has 3 unspecified atom stereocenters. The molecule has 0 saturated carbocycles. The summed E-state index contributed by atoms with van der Waals surface area (Å²) in [5.74, 6) is -1.62. The third-order valence-electron chi connectivity index (χ3n) is 10.9. The Morgan fingerprint density at radius 1 is 0.368 bits per heavy atom. The van der Waals surface area contributed by atoms with E-state index in [4.69, 9.17) is 23.3 Å². The fourth-order valence-corrected chi connectivity index (χ4v) is 7.50.